The zero-order chi connectivity index (χ0) is 14.5. The lowest BCUT2D eigenvalue weighted by Crippen LogP contribution is -2.42. The first-order chi connectivity index (χ1) is 8.78. The Labute approximate surface area is 110 Å². The fraction of sp³-hybridized carbons (Fsp3) is 0.500. The van der Waals surface area contributed by atoms with Crippen LogP contribution in [0.15, 0.2) is 12.5 Å². The number of nitrogens with one attached hydrogen (secondary N) is 2. The molecule has 1 aromatic heterocycles. The quantitative estimate of drug-likeness (QED) is 0.587. The fourth-order valence-corrected chi connectivity index (χ4v) is 1.92. The first-order valence-electron chi connectivity index (χ1n) is 5.45. The first-order valence-corrected chi connectivity index (χ1v) is 7.51. The number of carboxylic acids is 1. The smallest absolute Gasteiger partial charge is 0.326 e. The summed E-state index contributed by atoms with van der Waals surface area (Å²) in [5.74, 6) is -2.12. The van der Waals surface area contributed by atoms with Crippen molar-refractivity contribution < 1.29 is 23.1 Å². The number of carbonyl (C=O) groups excluding carboxylic acids is 1. The van der Waals surface area contributed by atoms with Gasteiger partial charge in [-0.2, -0.15) is 0 Å². The number of imidazole rings is 1. The maximum atomic E-state index is 11.5. The van der Waals surface area contributed by atoms with Crippen molar-refractivity contribution in [1.29, 1.82) is 0 Å². The van der Waals surface area contributed by atoms with Gasteiger partial charge in [-0.25, -0.2) is 18.2 Å². The van der Waals surface area contributed by atoms with Crippen LogP contribution in [-0.2, 0) is 25.8 Å². The van der Waals surface area contributed by atoms with Crippen molar-refractivity contribution in [2.45, 2.75) is 18.9 Å². The zero-order valence-electron chi connectivity index (χ0n) is 10.3. The Kier molecular flexibility index (Phi) is 5.04. The molecule has 0 aliphatic rings. The highest BCUT2D eigenvalue weighted by molar-refractivity contribution is 7.90. The van der Waals surface area contributed by atoms with Crippen LogP contribution in [0, 0.1) is 0 Å². The summed E-state index contributed by atoms with van der Waals surface area (Å²) in [6, 6.07) is -1.12. The molecule has 0 saturated heterocycles. The van der Waals surface area contributed by atoms with E-state index in [1.54, 1.807) is 0 Å². The maximum Gasteiger partial charge on any atom is 0.326 e. The molecular formula is C10H15N3O5S. The highest BCUT2D eigenvalue weighted by Crippen LogP contribution is 2.00. The van der Waals surface area contributed by atoms with Gasteiger partial charge < -0.3 is 15.4 Å². The van der Waals surface area contributed by atoms with Gasteiger partial charge in [-0.15, -0.1) is 0 Å². The highest BCUT2D eigenvalue weighted by Gasteiger charge is 2.21. The van der Waals surface area contributed by atoms with Gasteiger partial charge in [-0.1, -0.05) is 0 Å². The summed E-state index contributed by atoms with van der Waals surface area (Å²) in [6.07, 6.45) is 3.67. The lowest BCUT2D eigenvalue weighted by Gasteiger charge is -2.13. The van der Waals surface area contributed by atoms with Gasteiger partial charge in [0.2, 0.25) is 5.91 Å². The van der Waals surface area contributed by atoms with E-state index in [1.807, 2.05) is 0 Å². The van der Waals surface area contributed by atoms with Crippen molar-refractivity contribution in [2.75, 3.05) is 12.0 Å². The predicted octanol–water partition coefficient (Wildman–Crippen LogP) is -1.04. The second-order valence-electron chi connectivity index (χ2n) is 4.12. The van der Waals surface area contributed by atoms with Crippen LogP contribution in [0.4, 0.5) is 0 Å². The van der Waals surface area contributed by atoms with E-state index in [0.717, 1.165) is 6.26 Å². The van der Waals surface area contributed by atoms with Gasteiger partial charge in [0.15, 0.2) is 0 Å². The van der Waals surface area contributed by atoms with E-state index in [2.05, 4.69) is 15.3 Å². The number of hydrogen-bond donors (Lipinski definition) is 3. The number of aromatic nitrogens is 2. The maximum absolute atomic E-state index is 11.5. The summed E-state index contributed by atoms with van der Waals surface area (Å²) >= 11 is 0. The van der Waals surface area contributed by atoms with Crippen molar-refractivity contribution in [3.05, 3.63) is 18.2 Å². The van der Waals surface area contributed by atoms with Crippen LogP contribution in [0.2, 0.25) is 0 Å². The highest BCUT2D eigenvalue weighted by atomic mass is 32.2. The minimum Gasteiger partial charge on any atom is -0.480 e. The van der Waals surface area contributed by atoms with Crippen LogP contribution in [0.1, 0.15) is 12.1 Å². The van der Waals surface area contributed by atoms with Crippen LogP contribution < -0.4 is 5.32 Å². The number of amides is 1. The fourth-order valence-electron chi connectivity index (χ4n) is 1.36. The van der Waals surface area contributed by atoms with Crippen LogP contribution in [0.3, 0.4) is 0 Å². The monoisotopic (exact) mass is 289 g/mol. The van der Waals surface area contributed by atoms with E-state index in [4.69, 9.17) is 5.11 Å². The lowest BCUT2D eigenvalue weighted by molar-refractivity contribution is -0.141. The molecular weight excluding hydrogens is 274 g/mol. The molecule has 1 aromatic rings. The van der Waals surface area contributed by atoms with Crippen molar-refractivity contribution in [1.82, 2.24) is 15.3 Å². The lowest BCUT2D eigenvalue weighted by atomic mass is 10.1. The molecule has 9 heteroatoms. The van der Waals surface area contributed by atoms with Crippen LogP contribution in [0.25, 0.3) is 0 Å². The molecule has 0 aliphatic carbocycles. The van der Waals surface area contributed by atoms with Gasteiger partial charge in [0, 0.05) is 31.0 Å². The van der Waals surface area contributed by atoms with Gasteiger partial charge >= 0.3 is 5.97 Å². The molecule has 1 rings (SSSR count). The summed E-state index contributed by atoms with van der Waals surface area (Å²) < 4.78 is 21.8. The summed E-state index contributed by atoms with van der Waals surface area (Å²) in [7, 11) is -3.25. The van der Waals surface area contributed by atoms with E-state index in [9.17, 15) is 18.0 Å². The third kappa shape index (κ3) is 6.00. The predicted molar refractivity (Wildman–Crippen MR) is 66.2 cm³/mol. The summed E-state index contributed by atoms with van der Waals surface area (Å²) in [4.78, 5) is 28.9. The average Bonchev–Trinajstić information content (AvgIpc) is 2.77. The molecule has 1 unspecified atom stereocenters. The van der Waals surface area contributed by atoms with Crippen molar-refractivity contribution in [3.63, 3.8) is 0 Å². The zero-order valence-corrected chi connectivity index (χ0v) is 11.1. The third-order valence-electron chi connectivity index (χ3n) is 2.31. The number of carbonyl (C=O) groups is 2. The number of sulfone groups is 1. The Hall–Kier alpha value is -1.90. The molecule has 0 radical (unpaired) electrons. The topological polar surface area (TPSA) is 129 Å². The second-order valence-corrected chi connectivity index (χ2v) is 6.38. The van der Waals surface area contributed by atoms with Crippen molar-refractivity contribution >= 4 is 21.7 Å². The first kappa shape index (κ1) is 15.2. The van der Waals surface area contributed by atoms with E-state index in [-0.39, 0.29) is 18.6 Å². The van der Waals surface area contributed by atoms with Gasteiger partial charge in [0.05, 0.1) is 12.1 Å². The largest absolute Gasteiger partial charge is 0.480 e. The molecule has 1 heterocycles. The van der Waals surface area contributed by atoms with Gasteiger partial charge in [-0.3, -0.25) is 4.79 Å². The van der Waals surface area contributed by atoms with Crippen molar-refractivity contribution in [3.8, 4) is 0 Å². The van der Waals surface area contributed by atoms with Crippen LogP contribution >= 0.6 is 0 Å². The summed E-state index contributed by atoms with van der Waals surface area (Å²) in [6.45, 7) is 0. The van der Waals surface area contributed by atoms with E-state index in [1.165, 1.54) is 12.5 Å². The van der Waals surface area contributed by atoms with Crippen LogP contribution in [-0.4, -0.2) is 53.4 Å². The number of hydrogen-bond acceptors (Lipinski definition) is 5. The molecule has 3 N–H and O–H groups in total. The third-order valence-corrected chi connectivity index (χ3v) is 3.26. The summed E-state index contributed by atoms with van der Waals surface area (Å²) in [5, 5.41) is 11.3. The average molecular weight is 289 g/mol. The minimum absolute atomic E-state index is 0.0555. The SMILES string of the molecule is CS(=O)(=O)CCC(=O)NC(Cc1cnc[nH]1)C(=O)O. The molecule has 0 bridgehead atoms. The molecule has 106 valence electrons. The van der Waals surface area contributed by atoms with E-state index < -0.39 is 27.8 Å². The Bertz CT molecular complexity index is 538. The van der Waals surface area contributed by atoms with E-state index >= 15 is 0 Å². The number of rotatable bonds is 7. The standard InChI is InChI=1S/C10H15N3O5S/c1-19(17,18)3-2-9(14)13-8(10(15)16)4-7-5-11-6-12-7/h5-6,8H,2-4H2,1H3,(H,11,12)(H,13,14)(H,15,16). The number of nitrogens with zero attached hydrogens (tertiary/aromatic N) is 1. The second kappa shape index (κ2) is 6.32. The van der Waals surface area contributed by atoms with Gasteiger partial charge in [0.25, 0.3) is 0 Å². The van der Waals surface area contributed by atoms with Crippen LogP contribution in [0.5, 0.6) is 0 Å². The normalized spacial score (nSPS) is 12.9. The number of aliphatic carboxylic acids is 1. The molecule has 8 nitrogen and oxygen atoms in total. The number of aromatic amines is 1. The Balaban J connectivity index is 2.54. The molecule has 1 amide bonds. The molecule has 19 heavy (non-hydrogen) atoms. The van der Waals surface area contributed by atoms with Gasteiger partial charge in [-0.05, 0) is 0 Å². The Morgan fingerprint density at radius 3 is 2.68 bits per heavy atom. The summed E-state index contributed by atoms with van der Waals surface area (Å²) in [5.41, 5.74) is 0.566. The number of carboxylic acid groups (broad SMARTS) is 1. The Morgan fingerprint density at radius 1 is 1.53 bits per heavy atom. The molecule has 0 saturated carbocycles. The molecule has 0 aliphatic heterocycles. The molecule has 0 aromatic carbocycles. The van der Waals surface area contributed by atoms with Crippen molar-refractivity contribution in [2.24, 2.45) is 0 Å². The van der Waals surface area contributed by atoms with E-state index in [0.29, 0.717) is 5.69 Å². The number of H-pyrrole nitrogens is 1. The Morgan fingerprint density at radius 2 is 2.21 bits per heavy atom. The molecule has 0 spiro atoms. The molecule has 1 atom stereocenters. The molecule has 0 fully saturated rings. The van der Waals surface area contributed by atoms with Gasteiger partial charge in [0.1, 0.15) is 15.9 Å². The minimum atomic E-state index is -3.25.